The first kappa shape index (κ1) is 14.9. The Hall–Kier alpha value is -1.47. The largest absolute Gasteiger partial charge is 0.351 e. The van der Waals surface area contributed by atoms with Crippen molar-refractivity contribution >= 4 is 5.91 Å². The Kier molecular flexibility index (Phi) is 5.49. The van der Waals surface area contributed by atoms with Crippen molar-refractivity contribution in [1.82, 2.24) is 25.2 Å². The molecule has 2 rings (SSSR count). The summed E-state index contributed by atoms with van der Waals surface area (Å²) in [5.74, 6) is -0.0389. The molecule has 1 saturated heterocycles. The van der Waals surface area contributed by atoms with E-state index in [1.807, 2.05) is 6.92 Å². The minimum absolute atomic E-state index is 0.0389. The lowest BCUT2D eigenvalue weighted by molar-refractivity contribution is -0.122. The van der Waals surface area contributed by atoms with Crippen molar-refractivity contribution in [1.29, 1.82) is 0 Å². The van der Waals surface area contributed by atoms with Crippen LogP contribution in [0.5, 0.6) is 0 Å². The van der Waals surface area contributed by atoms with Gasteiger partial charge in [-0.2, -0.15) is 0 Å². The molecule has 1 atom stereocenters. The van der Waals surface area contributed by atoms with E-state index in [2.05, 4.69) is 20.5 Å². The highest BCUT2D eigenvalue weighted by molar-refractivity contribution is 5.75. The number of aromatic nitrogens is 3. The lowest BCUT2D eigenvalue weighted by Gasteiger charge is -2.29. The second kappa shape index (κ2) is 7.35. The molecule has 1 aliphatic rings. The number of rotatable bonds is 6. The normalized spacial score (nSPS) is 17.9. The molecule has 0 spiro atoms. The van der Waals surface area contributed by atoms with E-state index in [-0.39, 0.29) is 18.5 Å². The lowest BCUT2D eigenvalue weighted by Crippen LogP contribution is -2.44. The maximum atomic E-state index is 11.9. The maximum Gasteiger partial charge on any atom is 0.242 e. The van der Waals surface area contributed by atoms with Gasteiger partial charge >= 0.3 is 0 Å². The van der Waals surface area contributed by atoms with Crippen LogP contribution in [0.15, 0.2) is 6.20 Å². The second-order valence-electron chi connectivity index (χ2n) is 5.44. The highest BCUT2D eigenvalue weighted by Crippen LogP contribution is 2.08. The zero-order valence-corrected chi connectivity index (χ0v) is 12.1. The van der Waals surface area contributed by atoms with Crippen molar-refractivity contribution in [3.8, 4) is 0 Å². The monoisotopic (exact) mass is 280 g/mol. The van der Waals surface area contributed by atoms with Gasteiger partial charge in [0, 0.05) is 19.1 Å². The molecule has 112 valence electrons. The van der Waals surface area contributed by atoms with Crippen LogP contribution in [0, 0.1) is 0 Å². The van der Waals surface area contributed by atoms with E-state index in [0.29, 0.717) is 12.2 Å². The number of piperidine rings is 1. The van der Waals surface area contributed by atoms with Gasteiger partial charge in [-0.3, -0.25) is 4.79 Å². The van der Waals surface area contributed by atoms with Gasteiger partial charge in [-0.1, -0.05) is 11.6 Å². The molecule has 1 fully saturated rings. The third-order valence-electron chi connectivity index (χ3n) is 3.49. The lowest BCUT2D eigenvalue weighted by atomic mass is 10.1. The summed E-state index contributed by atoms with van der Waals surface area (Å²) in [4.78, 5) is 14.3. The fourth-order valence-corrected chi connectivity index (χ4v) is 2.55. The topological polar surface area (TPSA) is 89.1 Å². The van der Waals surface area contributed by atoms with Crippen molar-refractivity contribution in [2.24, 2.45) is 5.73 Å². The molecular formula is C13H24N6O. The van der Waals surface area contributed by atoms with Gasteiger partial charge in [0.05, 0.1) is 11.9 Å². The number of likely N-dealkylation sites (tertiary alicyclic amines) is 1. The highest BCUT2D eigenvalue weighted by atomic mass is 16.2. The van der Waals surface area contributed by atoms with Gasteiger partial charge in [0.1, 0.15) is 6.54 Å². The summed E-state index contributed by atoms with van der Waals surface area (Å²) in [5.41, 5.74) is 6.15. The van der Waals surface area contributed by atoms with Gasteiger partial charge in [-0.15, -0.1) is 5.10 Å². The number of nitrogens with two attached hydrogens (primary N) is 1. The number of nitrogens with zero attached hydrogens (tertiary/aromatic N) is 4. The van der Waals surface area contributed by atoms with E-state index in [0.717, 1.165) is 19.6 Å². The van der Waals surface area contributed by atoms with Crippen LogP contribution in [-0.4, -0.2) is 51.5 Å². The molecule has 0 saturated carbocycles. The number of hydrogen-bond acceptors (Lipinski definition) is 5. The first-order chi connectivity index (χ1) is 9.67. The minimum atomic E-state index is -0.0389. The van der Waals surface area contributed by atoms with Crippen LogP contribution in [0.25, 0.3) is 0 Å². The standard InChI is InChI=1S/C13H24N6O/c1-11(8-18-5-3-2-4-6-18)15-13(20)10-19-9-12(7-14)16-17-19/h9,11H,2-8,10,14H2,1H3,(H,15,20). The van der Waals surface area contributed by atoms with Gasteiger partial charge < -0.3 is 16.0 Å². The van der Waals surface area contributed by atoms with Gasteiger partial charge in [0.15, 0.2) is 0 Å². The van der Waals surface area contributed by atoms with E-state index in [4.69, 9.17) is 5.73 Å². The molecule has 2 heterocycles. The molecule has 1 aromatic rings. The van der Waals surface area contributed by atoms with Crippen molar-refractivity contribution < 1.29 is 4.79 Å². The van der Waals surface area contributed by atoms with Crippen molar-refractivity contribution in [3.63, 3.8) is 0 Å². The Morgan fingerprint density at radius 2 is 2.20 bits per heavy atom. The number of hydrogen-bond donors (Lipinski definition) is 2. The van der Waals surface area contributed by atoms with Crippen molar-refractivity contribution in [2.45, 2.75) is 45.3 Å². The zero-order chi connectivity index (χ0) is 14.4. The van der Waals surface area contributed by atoms with Crippen molar-refractivity contribution in [3.05, 3.63) is 11.9 Å². The molecule has 1 aliphatic heterocycles. The van der Waals surface area contributed by atoms with E-state index >= 15 is 0 Å². The van der Waals surface area contributed by atoms with Crippen molar-refractivity contribution in [2.75, 3.05) is 19.6 Å². The van der Waals surface area contributed by atoms with E-state index < -0.39 is 0 Å². The number of carbonyl (C=O) groups is 1. The summed E-state index contributed by atoms with van der Waals surface area (Å²) in [5, 5.41) is 10.7. The first-order valence-electron chi connectivity index (χ1n) is 7.28. The molecule has 7 heteroatoms. The van der Waals surface area contributed by atoms with Crippen LogP contribution >= 0.6 is 0 Å². The predicted octanol–water partition coefficient (Wildman–Crippen LogP) is -0.273. The molecule has 0 bridgehead atoms. The molecule has 7 nitrogen and oxygen atoms in total. The van der Waals surface area contributed by atoms with Gasteiger partial charge in [-0.05, 0) is 32.9 Å². The quantitative estimate of drug-likeness (QED) is 0.748. The van der Waals surface area contributed by atoms with Crippen LogP contribution in [0.2, 0.25) is 0 Å². The van der Waals surface area contributed by atoms with Crippen LogP contribution in [0.4, 0.5) is 0 Å². The molecule has 0 aromatic carbocycles. The fraction of sp³-hybridized carbons (Fsp3) is 0.769. The molecule has 1 aromatic heterocycles. The fourth-order valence-electron chi connectivity index (χ4n) is 2.55. The summed E-state index contributed by atoms with van der Waals surface area (Å²) in [7, 11) is 0. The molecule has 1 amide bonds. The Bertz CT molecular complexity index is 426. The summed E-state index contributed by atoms with van der Waals surface area (Å²) >= 11 is 0. The summed E-state index contributed by atoms with van der Waals surface area (Å²) < 4.78 is 1.52. The maximum absolute atomic E-state index is 11.9. The summed E-state index contributed by atoms with van der Waals surface area (Å²) in [6.45, 7) is 5.77. The number of nitrogens with one attached hydrogen (secondary N) is 1. The first-order valence-corrected chi connectivity index (χ1v) is 7.28. The third-order valence-corrected chi connectivity index (χ3v) is 3.49. The van der Waals surface area contributed by atoms with Gasteiger partial charge in [0.25, 0.3) is 0 Å². The molecule has 0 aliphatic carbocycles. The van der Waals surface area contributed by atoms with Crippen LogP contribution in [0.1, 0.15) is 31.9 Å². The highest BCUT2D eigenvalue weighted by Gasteiger charge is 2.15. The summed E-state index contributed by atoms with van der Waals surface area (Å²) in [6.07, 6.45) is 5.56. The van der Waals surface area contributed by atoms with Crippen LogP contribution in [-0.2, 0) is 17.9 Å². The Morgan fingerprint density at radius 1 is 1.45 bits per heavy atom. The zero-order valence-electron chi connectivity index (χ0n) is 12.1. The average molecular weight is 280 g/mol. The molecule has 20 heavy (non-hydrogen) atoms. The smallest absolute Gasteiger partial charge is 0.242 e. The average Bonchev–Trinajstić information content (AvgIpc) is 2.87. The Morgan fingerprint density at radius 3 is 2.85 bits per heavy atom. The van der Waals surface area contributed by atoms with Gasteiger partial charge in [0.2, 0.25) is 5.91 Å². The Labute approximate surface area is 119 Å². The Balaban J connectivity index is 1.72. The third kappa shape index (κ3) is 4.57. The van der Waals surface area contributed by atoms with Crippen LogP contribution < -0.4 is 11.1 Å². The SMILES string of the molecule is CC(CN1CCCCC1)NC(=O)Cn1cc(CN)nn1. The van der Waals surface area contributed by atoms with E-state index in [1.165, 1.54) is 23.9 Å². The molecule has 3 N–H and O–H groups in total. The number of amides is 1. The van der Waals surface area contributed by atoms with E-state index in [1.54, 1.807) is 6.20 Å². The predicted molar refractivity (Wildman–Crippen MR) is 75.8 cm³/mol. The summed E-state index contributed by atoms with van der Waals surface area (Å²) in [6, 6.07) is 0.151. The van der Waals surface area contributed by atoms with E-state index in [9.17, 15) is 4.79 Å². The molecule has 0 radical (unpaired) electrons. The second-order valence-corrected chi connectivity index (χ2v) is 5.44. The minimum Gasteiger partial charge on any atom is -0.351 e. The number of carbonyl (C=O) groups excluding carboxylic acids is 1. The molecule has 1 unspecified atom stereocenters. The van der Waals surface area contributed by atoms with Gasteiger partial charge in [-0.25, -0.2) is 4.68 Å². The van der Waals surface area contributed by atoms with Crippen LogP contribution in [0.3, 0.4) is 0 Å². The molecular weight excluding hydrogens is 256 g/mol.